The molecule has 4 aromatic rings. The molecular formula is C30H30ClNO3. The number of fused-ring (bicyclic) bond motifs is 1. The maximum atomic E-state index is 12.4. The molecule has 1 aromatic heterocycles. The van der Waals surface area contributed by atoms with Crippen LogP contribution in [0.3, 0.4) is 0 Å². The quantitative estimate of drug-likeness (QED) is 0.245. The summed E-state index contributed by atoms with van der Waals surface area (Å²) in [5, 5.41) is 1.75. The normalized spacial score (nSPS) is 14.2. The van der Waals surface area contributed by atoms with Crippen molar-refractivity contribution in [1.82, 2.24) is 4.57 Å². The number of hydrogen-bond donors (Lipinski definition) is 0. The van der Waals surface area contributed by atoms with Crippen molar-refractivity contribution in [3.05, 3.63) is 83.5 Å². The van der Waals surface area contributed by atoms with Crippen LogP contribution in [0.15, 0.2) is 72.9 Å². The molecular weight excluding hydrogens is 458 g/mol. The summed E-state index contributed by atoms with van der Waals surface area (Å²) in [6.07, 6.45) is 8.79. The molecule has 1 aliphatic rings. The zero-order valence-corrected chi connectivity index (χ0v) is 20.8. The van der Waals surface area contributed by atoms with Gasteiger partial charge in [-0.15, -0.1) is 0 Å². The first-order valence-electron chi connectivity index (χ1n) is 12.4. The van der Waals surface area contributed by atoms with Crippen LogP contribution in [0.5, 0.6) is 11.5 Å². The molecule has 1 fully saturated rings. The average molecular weight is 488 g/mol. The van der Waals surface area contributed by atoms with Crippen molar-refractivity contribution in [2.75, 3.05) is 6.61 Å². The summed E-state index contributed by atoms with van der Waals surface area (Å²) < 4.78 is 13.6. The number of aromatic nitrogens is 1. The smallest absolute Gasteiger partial charge is 0.338 e. The second kappa shape index (κ2) is 10.6. The first-order valence-corrected chi connectivity index (χ1v) is 12.8. The van der Waals surface area contributed by atoms with Crippen molar-refractivity contribution in [2.24, 2.45) is 5.92 Å². The van der Waals surface area contributed by atoms with E-state index in [2.05, 4.69) is 29.0 Å². The number of rotatable bonds is 7. The maximum absolute atomic E-state index is 12.4. The number of carbonyl (C=O) groups is 1. The molecule has 0 aliphatic heterocycles. The van der Waals surface area contributed by atoms with Gasteiger partial charge in [-0.2, -0.15) is 0 Å². The molecule has 0 atom stereocenters. The Balaban J connectivity index is 1.48. The standard InChI is InChI=1S/C30H30ClNO3/c1-2-34-30(33)23-10-17-29-27(18-23)28(20-32(29)19-21-6-4-3-5-7-21)22-8-13-25(14-9-22)35-26-15-11-24(31)12-16-26/h8-18,20-21H,2-7,19H2,1H3. The molecule has 0 amide bonds. The lowest BCUT2D eigenvalue weighted by Gasteiger charge is -2.22. The molecule has 5 rings (SSSR count). The van der Waals surface area contributed by atoms with Gasteiger partial charge >= 0.3 is 5.97 Å². The highest BCUT2D eigenvalue weighted by molar-refractivity contribution is 6.30. The van der Waals surface area contributed by atoms with Crippen molar-refractivity contribution in [1.29, 1.82) is 0 Å². The maximum Gasteiger partial charge on any atom is 0.338 e. The molecule has 3 aromatic carbocycles. The number of nitrogens with zero attached hydrogens (tertiary/aromatic N) is 1. The first kappa shape index (κ1) is 23.5. The third kappa shape index (κ3) is 5.38. The van der Waals surface area contributed by atoms with Gasteiger partial charge in [-0.3, -0.25) is 0 Å². The predicted molar refractivity (Wildman–Crippen MR) is 141 cm³/mol. The van der Waals surface area contributed by atoms with Crippen LogP contribution in [-0.4, -0.2) is 17.1 Å². The van der Waals surface area contributed by atoms with E-state index in [1.54, 1.807) is 0 Å². The fraction of sp³-hybridized carbons (Fsp3) is 0.300. The molecule has 180 valence electrons. The van der Waals surface area contributed by atoms with E-state index in [1.165, 1.54) is 32.1 Å². The molecule has 1 saturated carbocycles. The molecule has 5 heteroatoms. The minimum atomic E-state index is -0.285. The SMILES string of the molecule is CCOC(=O)c1ccc2c(c1)c(-c1ccc(Oc3ccc(Cl)cc3)cc1)cn2CC1CCCCC1. The van der Waals surface area contributed by atoms with Crippen molar-refractivity contribution in [3.8, 4) is 22.6 Å². The average Bonchev–Trinajstić information content (AvgIpc) is 3.24. The van der Waals surface area contributed by atoms with E-state index in [1.807, 2.05) is 55.5 Å². The van der Waals surface area contributed by atoms with Crippen molar-refractivity contribution >= 4 is 28.5 Å². The van der Waals surface area contributed by atoms with Crippen LogP contribution in [0.25, 0.3) is 22.0 Å². The summed E-state index contributed by atoms with van der Waals surface area (Å²) in [4.78, 5) is 12.4. The lowest BCUT2D eigenvalue weighted by atomic mass is 9.89. The van der Waals surface area contributed by atoms with Crippen LogP contribution >= 0.6 is 11.6 Å². The Labute approximate surface area is 211 Å². The number of esters is 1. The van der Waals surface area contributed by atoms with Gasteiger partial charge in [0.05, 0.1) is 12.2 Å². The highest BCUT2D eigenvalue weighted by Gasteiger charge is 2.18. The van der Waals surface area contributed by atoms with Crippen LogP contribution in [0.4, 0.5) is 0 Å². The third-order valence-corrected chi connectivity index (χ3v) is 7.04. The second-order valence-corrected chi connectivity index (χ2v) is 9.67. The lowest BCUT2D eigenvalue weighted by Crippen LogP contribution is -2.13. The Kier molecular flexibility index (Phi) is 7.10. The minimum absolute atomic E-state index is 0.285. The van der Waals surface area contributed by atoms with Crippen molar-refractivity contribution in [3.63, 3.8) is 0 Å². The Morgan fingerprint density at radius 3 is 2.31 bits per heavy atom. The summed E-state index contributed by atoms with van der Waals surface area (Å²) in [6, 6.07) is 21.3. The topological polar surface area (TPSA) is 40.5 Å². The molecule has 1 heterocycles. The Morgan fingerprint density at radius 2 is 1.63 bits per heavy atom. The molecule has 0 spiro atoms. The summed E-state index contributed by atoms with van der Waals surface area (Å²) in [5.41, 5.74) is 3.93. The monoisotopic (exact) mass is 487 g/mol. The van der Waals surface area contributed by atoms with E-state index in [-0.39, 0.29) is 5.97 Å². The largest absolute Gasteiger partial charge is 0.462 e. The summed E-state index contributed by atoms with van der Waals surface area (Å²) in [7, 11) is 0. The summed E-state index contributed by atoms with van der Waals surface area (Å²) in [6.45, 7) is 3.20. The molecule has 0 N–H and O–H groups in total. The highest BCUT2D eigenvalue weighted by Crippen LogP contribution is 2.35. The van der Waals surface area contributed by atoms with Gasteiger partial charge < -0.3 is 14.0 Å². The van der Waals surface area contributed by atoms with Crippen LogP contribution in [0.2, 0.25) is 5.02 Å². The highest BCUT2D eigenvalue weighted by atomic mass is 35.5. The molecule has 0 bridgehead atoms. The predicted octanol–water partition coefficient (Wildman–Crippen LogP) is 8.51. The molecule has 0 saturated heterocycles. The van der Waals surface area contributed by atoms with Gasteiger partial charge in [0.2, 0.25) is 0 Å². The number of halogens is 1. The Hall–Kier alpha value is -3.24. The van der Waals surface area contributed by atoms with Gasteiger partial charge in [0.1, 0.15) is 11.5 Å². The minimum Gasteiger partial charge on any atom is -0.462 e. The van der Waals surface area contributed by atoms with Gasteiger partial charge in [-0.1, -0.05) is 43.0 Å². The molecule has 0 radical (unpaired) electrons. The molecule has 0 unspecified atom stereocenters. The lowest BCUT2D eigenvalue weighted by molar-refractivity contribution is 0.0526. The molecule has 4 nitrogen and oxygen atoms in total. The third-order valence-electron chi connectivity index (χ3n) is 6.79. The number of hydrogen-bond acceptors (Lipinski definition) is 3. The van der Waals surface area contributed by atoms with Crippen molar-refractivity contribution in [2.45, 2.75) is 45.6 Å². The van der Waals surface area contributed by atoms with E-state index in [0.717, 1.165) is 40.1 Å². The van der Waals surface area contributed by atoms with Gasteiger partial charge in [-0.25, -0.2) is 4.79 Å². The van der Waals surface area contributed by atoms with Gasteiger partial charge in [0.25, 0.3) is 0 Å². The van der Waals surface area contributed by atoms with Crippen LogP contribution < -0.4 is 4.74 Å². The van der Waals surface area contributed by atoms with E-state index in [0.29, 0.717) is 23.1 Å². The van der Waals surface area contributed by atoms with Gasteiger partial charge in [0, 0.05) is 34.2 Å². The van der Waals surface area contributed by atoms with Crippen molar-refractivity contribution < 1.29 is 14.3 Å². The van der Waals surface area contributed by atoms with E-state index < -0.39 is 0 Å². The number of carbonyl (C=O) groups excluding carboxylic acids is 1. The van der Waals surface area contributed by atoms with Crippen LogP contribution in [0, 0.1) is 5.92 Å². The summed E-state index contributed by atoms with van der Waals surface area (Å²) in [5.74, 6) is 1.92. The van der Waals surface area contributed by atoms with E-state index >= 15 is 0 Å². The van der Waals surface area contributed by atoms with E-state index in [4.69, 9.17) is 21.1 Å². The second-order valence-electron chi connectivity index (χ2n) is 9.23. The summed E-state index contributed by atoms with van der Waals surface area (Å²) >= 11 is 5.98. The first-order chi connectivity index (χ1) is 17.1. The van der Waals surface area contributed by atoms with Gasteiger partial charge in [-0.05, 0) is 85.8 Å². The zero-order chi connectivity index (χ0) is 24.2. The Bertz CT molecular complexity index is 1300. The fourth-order valence-electron chi connectivity index (χ4n) is 5.01. The van der Waals surface area contributed by atoms with Crippen LogP contribution in [-0.2, 0) is 11.3 Å². The fourth-order valence-corrected chi connectivity index (χ4v) is 5.13. The molecule has 1 aliphatic carbocycles. The zero-order valence-electron chi connectivity index (χ0n) is 20.0. The number of benzene rings is 3. The Morgan fingerprint density at radius 1 is 0.943 bits per heavy atom. The van der Waals surface area contributed by atoms with Crippen LogP contribution in [0.1, 0.15) is 49.4 Å². The van der Waals surface area contributed by atoms with E-state index in [9.17, 15) is 4.79 Å². The van der Waals surface area contributed by atoms with Gasteiger partial charge in [0.15, 0.2) is 0 Å². The molecule has 35 heavy (non-hydrogen) atoms. The number of ether oxygens (including phenoxy) is 2.